The molecule has 0 amide bonds. The molecular formula is C16H15N3O2. The van der Waals surface area contributed by atoms with Crippen LogP contribution in [-0.2, 0) is 13.5 Å². The first-order valence-electron chi connectivity index (χ1n) is 6.74. The summed E-state index contributed by atoms with van der Waals surface area (Å²) >= 11 is 0. The van der Waals surface area contributed by atoms with Gasteiger partial charge in [-0.15, -0.1) is 0 Å². The van der Waals surface area contributed by atoms with Crippen LogP contribution in [0.3, 0.4) is 0 Å². The van der Waals surface area contributed by atoms with Crippen molar-refractivity contribution in [1.82, 2.24) is 14.8 Å². The molecule has 0 saturated heterocycles. The Kier molecular flexibility index (Phi) is 3.17. The standard InChI is InChI=1S/C16H15N3O2/c1-3-10-8-17-9-12-6-11(4-5-13(10)12)15-7-14(16(20)21)18-19(15)2/h4-9H,3H2,1-2H3,(H,20,21). The lowest BCUT2D eigenvalue weighted by atomic mass is 10.0. The molecule has 1 N–H and O–H groups in total. The van der Waals surface area contributed by atoms with Gasteiger partial charge in [0.1, 0.15) is 0 Å². The van der Waals surface area contributed by atoms with E-state index in [1.165, 1.54) is 10.9 Å². The zero-order chi connectivity index (χ0) is 15.0. The summed E-state index contributed by atoms with van der Waals surface area (Å²) in [6.07, 6.45) is 4.64. The highest BCUT2D eigenvalue weighted by molar-refractivity contribution is 5.90. The lowest BCUT2D eigenvalue weighted by Crippen LogP contribution is -1.99. The molecule has 0 fully saturated rings. The Labute approximate surface area is 121 Å². The molecule has 3 aromatic rings. The Balaban J connectivity index is 2.15. The second kappa shape index (κ2) is 5.01. The minimum atomic E-state index is -1.02. The van der Waals surface area contributed by atoms with E-state index < -0.39 is 5.97 Å². The molecule has 0 aliphatic heterocycles. The van der Waals surface area contributed by atoms with Gasteiger partial charge in [-0.2, -0.15) is 5.10 Å². The number of nitrogens with zero attached hydrogens (tertiary/aromatic N) is 3. The van der Waals surface area contributed by atoms with E-state index in [4.69, 9.17) is 5.11 Å². The SMILES string of the molecule is CCc1cncc2cc(-c3cc(C(=O)O)nn3C)ccc12. The second-order valence-electron chi connectivity index (χ2n) is 4.93. The molecular weight excluding hydrogens is 266 g/mol. The van der Waals surface area contributed by atoms with Gasteiger partial charge in [-0.05, 0) is 29.5 Å². The molecule has 0 saturated carbocycles. The van der Waals surface area contributed by atoms with Crippen LogP contribution in [0, 0.1) is 0 Å². The summed E-state index contributed by atoms with van der Waals surface area (Å²) in [5.41, 5.74) is 2.96. The molecule has 1 aromatic carbocycles. The summed E-state index contributed by atoms with van der Waals surface area (Å²) in [7, 11) is 1.74. The average Bonchev–Trinajstić information content (AvgIpc) is 2.88. The van der Waals surface area contributed by atoms with Crippen molar-refractivity contribution in [3.8, 4) is 11.3 Å². The van der Waals surface area contributed by atoms with Crippen molar-refractivity contribution in [2.24, 2.45) is 7.05 Å². The van der Waals surface area contributed by atoms with Gasteiger partial charge in [0, 0.05) is 30.4 Å². The molecule has 2 heterocycles. The minimum Gasteiger partial charge on any atom is -0.476 e. The van der Waals surface area contributed by atoms with E-state index in [1.807, 2.05) is 24.5 Å². The predicted molar refractivity (Wildman–Crippen MR) is 80.3 cm³/mol. The maximum atomic E-state index is 11.0. The Hall–Kier alpha value is -2.69. The molecule has 5 nitrogen and oxygen atoms in total. The fourth-order valence-electron chi connectivity index (χ4n) is 2.52. The lowest BCUT2D eigenvalue weighted by molar-refractivity contribution is 0.0689. The fraction of sp³-hybridized carbons (Fsp3) is 0.188. The molecule has 21 heavy (non-hydrogen) atoms. The monoisotopic (exact) mass is 281 g/mol. The number of aromatic nitrogens is 3. The molecule has 0 aliphatic rings. The molecule has 2 aromatic heterocycles. The first kappa shape index (κ1) is 13.3. The van der Waals surface area contributed by atoms with Crippen LogP contribution in [0.1, 0.15) is 23.0 Å². The van der Waals surface area contributed by atoms with Crippen molar-refractivity contribution in [3.63, 3.8) is 0 Å². The number of benzene rings is 1. The number of fused-ring (bicyclic) bond motifs is 1. The van der Waals surface area contributed by atoms with Gasteiger partial charge in [-0.25, -0.2) is 4.79 Å². The van der Waals surface area contributed by atoms with E-state index >= 15 is 0 Å². The van der Waals surface area contributed by atoms with Crippen molar-refractivity contribution >= 4 is 16.7 Å². The summed E-state index contributed by atoms with van der Waals surface area (Å²) in [6.45, 7) is 2.10. The predicted octanol–water partition coefficient (Wildman–Crippen LogP) is 2.90. The second-order valence-corrected chi connectivity index (χ2v) is 4.93. The van der Waals surface area contributed by atoms with Crippen LogP contribution in [0.4, 0.5) is 0 Å². The Bertz CT molecular complexity index is 837. The number of carboxylic acid groups (broad SMARTS) is 1. The summed E-state index contributed by atoms with van der Waals surface area (Å²) < 4.78 is 1.59. The highest BCUT2D eigenvalue weighted by atomic mass is 16.4. The zero-order valence-electron chi connectivity index (χ0n) is 11.9. The molecule has 0 aliphatic carbocycles. The first-order valence-corrected chi connectivity index (χ1v) is 6.74. The van der Waals surface area contributed by atoms with Crippen molar-refractivity contribution in [1.29, 1.82) is 0 Å². The normalized spacial score (nSPS) is 11.0. The van der Waals surface area contributed by atoms with Crippen molar-refractivity contribution in [2.45, 2.75) is 13.3 Å². The van der Waals surface area contributed by atoms with Crippen LogP contribution in [-0.4, -0.2) is 25.8 Å². The van der Waals surface area contributed by atoms with E-state index in [0.717, 1.165) is 23.1 Å². The van der Waals surface area contributed by atoms with Crippen LogP contribution in [0.15, 0.2) is 36.7 Å². The van der Waals surface area contributed by atoms with Gasteiger partial charge in [-0.1, -0.05) is 19.1 Å². The molecule has 0 bridgehead atoms. The number of hydrogen-bond acceptors (Lipinski definition) is 3. The van der Waals surface area contributed by atoms with E-state index in [-0.39, 0.29) is 5.69 Å². The summed E-state index contributed by atoms with van der Waals surface area (Å²) in [5, 5.41) is 15.2. The Morgan fingerprint density at radius 3 is 2.76 bits per heavy atom. The van der Waals surface area contributed by atoms with Gasteiger partial charge < -0.3 is 5.11 Å². The third-order valence-corrected chi connectivity index (χ3v) is 3.62. The highest BCUT2D eigenvalue weighted by Gasteiger charge is 2.13. The molecule has 106 valence electrons. The van der Waals surface area contributed by atoms with Crippen LogP contribution >= 0.6 is 0 Å². The molecule has 0 radical (unpaired) electrons. The van der Waals surface area contributed by atoms with Crippen LogP contribution in [0.2, 0.25) is 0 Å². The third-order valence-electron chi connectivity index (χ3n) is 3.62. The van der Waals surface area contributed by atoms with Gasteiger partial charge in [0.05, 0.1) is 5.69 Å². The van der Waals surface area contributed by atoms with Gasteiger partial charge >= 0.3 is 5.97 Å². The molecule has 0 spiro atoms. The van der Waals surface area contributed by atoms with E-state index in [2.05, 4.69) is 23.1 Å². The topological polar surface area (TPSA) is 68.0 Å². The summed E-state index contributed by atoms with van der Waals surface area (Å²) in [6, 6.07) is 7.65. The minimum absolute atomic E-state index is 0.0491. The van der Waals surface area contributed by atoms with Gasteiger partial charge in [0.15, 0.2) is 5.69 Å². The van der Waals surface area contributed by atoms with E-state index in [9.17, 15) is 4.79 Å². The summed E-state index contributed by atoms with van der Waals surface area (Å²) in [4.78, 5) is 15.3. The number of aromatic carboxylic acids is 1. The zero-order valence-corrected chi connectivity index (χ0v) is 11.9. The van der Waals surface area contributed by atoms with Crippen molar-refractivity contribution in [2.75, 3.05) is 0 Å². The number of carboxylic acids is 1. The molecule has 0 atom stereocenters. The number of rotatable bonds is 3. The van der Waals surface area contributed by atoms with Crippen molar-refractivity contribution in [3.05, 3.63) is 47.9 Å². The highest BCUT2D eigenvalue weighted by Crippen LogP contribution is 2.26. The van der Waals surface area contributed by atoms with Gasteiger partial charge in [0.2, 0.25) is 0 Å². The average molecular weight is 281 g/mol. The van der Waals surface area contributed by atoms with Crippen LogP contribution in [0.25, 0.3) is 22.0 Å². The molecule has 5 heteroatoms. The Morgan fingerprint density at radius 1 is 1.29 bits per heavy atom. The maximum absolute atomic E-state index is 11.0. The molecule has 3 rings (SSSR count). The largest absolute Gasteiger partial charge is 0.476 e. The molecule has 0 unspecified atom stereocenters. The number of hydrogen-bond donors (Lipinski definition) is 1. The van der Waals surface area contributed by atoms with Crippen LogP contribution in [0.5, 0.6) is 0 Å². The van der Waals surface area contributed by atoms with Crippen molar-refractivity contribution < 1.29 is 9.90 Å². The third kappa shape index (κ3) is 2.27. The fourth-order valence-corrected chi connectivity index (χ4v) is 2.52. The lowest BCUT2D eigenvalue weighted by Gasteiger charge is -2.07. The van der Waals surface area contributed by atoms with Gasteiger partial charge in [0.25, 0.3) is 0 Å². The van der Waals surface area contributed by atoms with Crippen LogP contribution < -0.4 is 0 Å². The maximum Gasteiger partial charge on any atom is 0.356 e. The van der Waals surface area contributed by atoms with E-state index in [0.29, 0.717) is 0 Å². The summed E-state index contributed by atoms with van der Waals surface area (Å²) in [5.74, 6) is -1.02. The van der Waals surface area contributed by atoms with E-state index in [1.54, 1.807) is 17.8 Å². The number of pyridine rings is 1. The quantitative estimate of drug-likeness (QED) is 0.801. The smallest absolute Gasteiger partial charge is 0.356 e. The van der Waals surface area contributed by atoms with Gasteiger partial charge in [-0.3, -0.25) is 9.67 Å². The Morgan fingerprint density at radius 2 is 2.10 bits per heavy atom. The first-order chi connectivity index (χ1) is 10.1. The number of aryl methyl sites for hydroxylation is 2. The number of carbonyl (C=O) groups is 1.